The molecule has 0 aliphatic heterocycles. The Balaban J connectivity index is 0.000000157. The van der Waals surface area contributed by atoms with Crippen LogP contribution in [0.2, 0.25) is 0 Å². The van der Waals surface area contributed by atoms with Gasteiger partial charge in [0.05, 0.1) is 31.5 Å². The van der Waals surface area contributed by atoms with Crippen molar-refractivity contribution < 1.29 is 40.4 Å². The van der Waals surface area contributed by atoms with Crippen LogP contribution >= 0.6 is 0 Å². The summed E-state index contributed by atoms with van der Waals surface area (Å²) in [4.78, 5) is 0. The molecule has 2 heterocycles. The second-order valence-electron chi connectivity index (χ2n) is 23.0. The van der Waals surface area contributed by atoms with E-state index in [-0.39, 0.29) is 78.4 Å². The van der Waals surface area contributed by atoms with E-state index >= 15 is 0 Å². The lowest BCUT2D eigenvalue weighted by molar-refractivity contribution is 0.672. The largest absolute Gasteiger partial charge is 0.455 e. The maximum absolute atomic E-state index is 9.53. The minimum absolute atomic E-state index is 0.0181. The van der Waals surface area contributed by atoms with Crippen LogP contribution in [0.25, 0.3) is 197 Å². The molecule has 2 nitrogen and oxygen atoms in total. The second kappa shape index (κ2) is 21.7. The number of furan rings is 2. The summed E-state index contributed by atoms with van der Waals surface area (Å²) < 4.78 is 222. The molecule has 20 rings (SSSR count). The summed E-state index contributed by atoms with van der Waals surface area (Å²) in [6.45, 7) is 0. The Hall–Kier alpha value is -12.4. The molecule has 0 N–H and O–H groups in total. The summed E-state index contributed by atoms with van der Waals surface area (Å²) in [5.41, 5.74) is 6.62. The van der Waals surface area contributed by atoms with E-state index in [0.717, 1.165) is 65.0 Å². The fraction of sp³-hybridized carbons (Fsp3) is 0. The van der Waals surface area contributed by atoms with Crippen molar-refractivity contribution >= 4 is 130 Å². The predicted molar refractivity (Wildman–Crippen MR) is 400 cm³/mol. The molecule has 0 atom stereocenters. The van der Waals surface area contributed by atoms with Gasteiger partial charge in [0, 0.05) is 32.3 Å². The van der Waals surface area contributed by atoms with Gasteiger partial charge in [0.15, 0.2) is 0 Å². The summed E-state index contributed by atoms with van der Waals surface area (Å²) in [6.07, 6.45) is 0. The molecular weight excluding hydrogens is 1140 g/mol. The Morgan fingerprint density at radius 3 is 1.05 bits per heavy atom. The molecule has 0 aliphatic carbocycles. The van der Waals surface area contributed by atoms with Crippen molar-refractivity contribution in [2.45, 2.75) is 0 Å². The van der Waals surface area contributed by atoms with E-state index in [1.165, 1.54) is 0 Å². The van der Waals surface area contributed by atoms with Gasteiger partial charge in [0.25, 0.3) is 0 Å². The molecule has 0 fully saturated rings. The third-order valence-corrected chi connectivity index (χ3v) is 18.1. The summed E-state index contributed by atoms with van der Waals surface area (Å²) in [7, 11) is 0. The van der Waals surface area contributed by atoms with Crippen LogP contribution in [0.4, 0.5) is 0 Å². The van der Waals surface area contributed by atoms with Gasteiger partial charge in [-0.2, -0.15) is 0 Å². The van der Waals surface area contributed by atoms with E-state index in [1.54, 1.807) is 24.3 Å². The zero-order chi connectivity index (χ0) is 81.8. The zero-order valence-corrected chi connectivity index (χ0v) is 49.4. The van der Waals surface area contributed by atoms with E-state index in [2.05, 4.69) is 6.07 Å². The van der Waals surface area contributed by atoms with Gasteiger partial charge in [-0.05, 0) is 173 Å². The molecule has 0 aliphatic rings. The summed E-state index contributed by atoms with van der Waals surface area (Å²) in [5.74, 6) is 0. The Bertz CT molecular complexity index is 7770. The van der Waals surface area contributed by atoms with Gasteiger partial charge in [-0.15, -0.1) is 0 Å². The zero-order valence-electron chi connectivity index (χ0n) is 72.4. The van der Waals surface area contributed by atoms with E-state index in [4.69, 9.17) is 28.0 Å². The molecule has 0 bridgehead atoms. The molecule has 18 aromatic carbocycles. The highest BCUT2D eigenvalue weighted by atomic mass is 16.3. The Kier molecular flexibility index (Phi) is 8.14. The van der Waals surface area contributed by atoms with Crippen molar-refractivity contribution in [2.75, 3.05) is 0 Å². The van der Waals surface area contributed by atoms with Gasteiger partial charge >= 0.3 is 0 Å². The SMILES string of the molecule is [2H]c1c([2H])c([2H])c2c(-c3c4c([2H])c([2H])c([2H])c([2H])c4c(-c4ccccc4-c4cccc5oc6c7ccccc7ccc6c45)c4c([2H])c([2H])c([2H])c([2H])c34)c([2H])c([2H])c([2H])c2c1[2H].[2H]c1c([2H])c([2H])c2c(-c3ccccc3-c3cccc4oc5c6ccccc6ccc5c34)c3c([2H])c([2H])c([2H])c([2H])c3c(-c3ccc4ccccc4c3)c2c1[2H]. The topological polar surface area (TPSA) is 26.3 Å². The van der Waals surface area contributed by atoms with Crippen molar-refractivity contribution in [1.29, 1.82) is 0 Å². The molecule has 436 valence electrons. The van der Waals surface area contributed by atoms with E-state index in [9.17, 15) is 12.3 Å². The molecule has 2 aromatic heterocycles. The van der Waals surface area contributed by atoms with Gasteiger partial charge in [0.2, 0.25) is 0 Å². The van der Waals surface area contributed by atoms with Crippen molar-refractivity contribution in [3.8, 4) is 66.8 Å². The average Bonchev–Trinajstić information content (AvgIpc) is 1.18. The van der Waals surface area contributed by atoms with Crippen LogP contribution in [-0.2, 0) is 0 Å². The molecule has 0 saturated heterocycles. The van der Waals surface area contributed by atoms with E-state index in [1.807, 2.05) is 170 Å². The predicted octanol–water partition coefficient (Wildman–Crippen LogP) is 26.4. The van der Waals surface area contributed by atoms with Crippen LogP contribution in [-0.4, -0.2) is 0 Å². The standard InChI is InChI=1S/2C46H28O/c1-3-16-31-29(13-1)15-11-24-34(31)43-37-20-7-9-22-39(37)44(40-23-10-8-21-38(40)43)35-19-6-5-18-33(35)36-25-12-26-42-45(36)41-28-27-30-14-2-4-17-32(30)46(41)47-42;1-2-14-31-28-32(25-24-29(31)12-1)43-37-18-7-9-20-39(37)44(40-21-10-8-19-38(40)43)35-17-6-5-16-34(35)36-22-11-23-42-45(36)41-27-26-30-13-3-4-15-33(30)46(41)47-42/h2*1-28H/i1D,3D,7D,8D,9D,10D,11D,13D,15D,16D,20D,21D,22D,23D,24D;7D,8D,9D,10D,18D,19D,20D,21D. The molecule has 0 radical (unpaired) electrons. The molecule has 94 heavy (non-hydrogen) atoms. The van der Waals surface area contributed by atoms with Crippen LogP contribution in [0.5, 0.6) is 0 Å². The number of hydrogen-bond acceptors (Lipinski definition) is 2. The minimum atomic E-state index is -0.761. The lowest BCUT2D eigenvalue weighted by Gasteiger charge is -2.20. The second-order valence-corrected chi connectivity index (χ2v) is 23.0. The lowest BCUT2D eigenvalue weighted by Crippen LogP contribution is -1.93. The van der Waals surface area contributed by atoms with Gasteiger partial charge < -0.3 is 8.83 Å². The van der Waals surface area contributed by atoms with Gasteiger partial charge in [0.1, 0.15) is 22.3 Å². The molecule has 20 aromatic rings. The van der Waals surface area contributed by atoms with Crippen LogP contribution in [0.1, 0.15) is 31.5 Å². The van der Waals surface area contributed by atoms with Crippen molar-refractivity contribution in [2.24, 2.45) is 0 Å². The van der Waals surface area contributed by atoms with Crippen LogP contribution in [0, 0.1) is 0 Å². The molecule has 0 unspecified atom stereocenters. The van der Waals surface area contributed by atoms with Gasteiger partial charge in [-0.1, -0.05) is 309 Å². The van der Waals surface area contributed by atoms with Crippen LogP contribution in [0.15, 0.2) is 348 Å². The molecule has 0 spiro atoms. The Morgan fingerprint density at radius 2 is 0.564 bits per heavy atom. The molecule has 0 saturated carbocycles. The van der Waals surface area contributed by atoms with Gasteiger partial charge in [-0.25, -0.2) is 0 Å². The number of fused-ring (bicyclic) bond motifs is 16. The highest BCUT2D eigenvalue weighted by Crippen LogP contribution is 2.51. The molecule has 2 heteroatoms. The Morgan fingerprint density at radius 1 is 0.202 bits per heavy atom. The van der Waals surface area contributed by atoms with Crippen molar-refractivity contribution in [1.82, 2.24) is 0 Å². The monoisotopic (exact) mass is 1220 g/mol. The first-order valence-corrected chi connectivity index (χ1v) is 30.5. The summed E-state index contributed by atoms with van der Waals surface area (Å²) in [6, 6.07) is 50.0. The third-order valence-electron chi connectivity index (χ3n) is 18.1. The number of hydrogen-bond donors (Lipinski definition) is 0. The first kappa shape index (κ1) is 35.3. The maximum Gasteiger partial charge on any atom is 0.143 e. The number of benzene rings is 18. The first-order valence-electron chi connectivity index (χ1n) is 42.0. The van der Waals surface area contributed by atoms with E-state index in [0.29, 0.717) is 61.3 Å². The Labute approximate surface area is 574 Å². The quantitative estimate of drug-likeness (QED) is 0.155. The average molecular weight is 1220 g/mol. The van der Waals surface area contributed by atoms with E-state index < -0.39 is 131 Å². The maximum atomic E-state index is 9.53. The lowest BCUT2D eigenvalue weighted by atomic mass is 9.82. The highest BCUT2D eigenvalue weighted by Gasteiger charge is 2.25. The highest BCUT2D eigenvalue weighted by molar-refractivity contribution is 6.28. The smallest absolute Gasteiger partial charge is 0.143 e. The summed E-state index contributed by atoms with van der Waals surface area (Å²) >= 11 is 0. The normalized spacial score (nSPS) is 15.3. The molecular formula is C92H56O2. The van der Waals surface area contributed by atoms with Crippen LogP contribution in [0.3, 0.4) is 0 Å². The summed E-state index contributed by atoms with van der Waals surface area (Å²) in [5, 5.41) is 7.88. The fourth-order valence-electron chi connectivity index (χ4n) is 14.1. The van der Waals surface area contributed by atoms with Gasteiger partial charge in [-0.3, -0.25) is 0 Å². The molecule has 0 amide bonds. The van der Waals surface area contributed by atoms with Crippen molar-refractivity contribution in [3.63, 3.8) is 0 Å². The van der Waals surface area contributed by atoms with Crippen LogP contribution < -0.4 is 0 Å². The minimum Gasteiger partial charge on any atom is -0.455 e. The third kappa shape index (κ3) is 8.37. The number of rotatable bonds is 6. The fourth-order valence-corrected chi connectivity index (χ4v) is 14.1. The first-order chi connectivity index (χ1) is 56.2. The van der Waals surface area contributed by atoms with Crippen molar-refractivity contribution in [3.05, 3.63) is 339 Å².